The van der Waals surface area contributed by atoms with Crippen LogP contribution in [0.5, 0.6) is 0 Å². The molecule has 7 heteroatoms. The number of primary sulfonamides is 1. The average molecular weight is 300 g/mol. The second-order valence-electron chi connectivity index (χ2n) is 5.14. The highest BCUT2D eigenvalue weighted by molar-refractivity contribution is 7.89. The van der Waals surface area contributed by atoms with Crippen molar-refractivity contribution in [2.45, 2.75) is 44.0 Å². The summed E-state index contributed by atoms with van der Waals surface area (Å²) >= 11 is 0. The summed E-state index contributed by atoms with van der Waals surface area (Å²) in [5.41, 5.74) is 0.231. The highest BCUT2D eigenvalue weighted by Crippen LogP contribution is 2.25. The first-order valence-corrected chi connectivity index (χ1v) is 8.36. The van der Waals surface area contributed by atoms with E-state index < -0.39 is 16.0 Å². The predicted octanol–water partition coefficient (Wildman–Crippen LogP) is 1.50. The van der Waals surface area contributed by atoms with Gasteiger partial charge in [0.2, 0.25) is 10.0 Å². The van der Waals surface area contributed by atoms with Gasteiger partial charge in [-0.1, -0.05) is 12.8 Å². The van der Waals surface area contributed by atoms with Crippen LogP contribution >= 0.6 is 0 Å². The number of nitrogens with two attached hydrogens (primary N) is 1. The maximum absolute atomic E-state index is 12.0. The summed E-state index contributed by atoms with van der Waals surface area (Å²) in [4.78, 5) is 12.0. The number of carbonyl (C=O) groups is 1. The number of nitrogens with zero attached hydrogens (tertiary/aromatic N) is 1. The Labute approximate surface area is 119 Å². The zero-order valence-corrected chi connectivity index (χ0v) is 12.4. The monoisotopic (exact) mass is 300 g/mol. The van der Waals surface area contributed by atoms with Gasteiger partial charge in [-0.15, -0.1) is 0 Å². The van der Waals surface area contributed by atoms with Crippen molar-refractivity contribution in [3.05, 3.63) is 18.0 Å². The number of hydrogen-bond acceptors (Lipinski definition) is 4. The molecule has 0 unspecified atom stereocenters. The first-order chi connectivity index (χ1) is 9.41. The number of rotatable bonds is 5. The van der Waals surface area contributed by atoms with Crippen molar-refractivity contribution in [2.75, 3.05) is 6.61 Å². The Kier molecular flexibility index (Phi) is 4.49. The number of carbonyl (C=O) groups excluding carboxylic acids is 1. The highest BCUT2D eigenvalue weighted by atomic mass is 32.2. The lowest BCUT2D eigenvalue weighted by Crippen LogP contribution is -2.15. The maximum atomic E-state index is 12.0. The minimum atomic E-state index is -3.81. The summed E-state index contributed by atoms with van der Waals surface area (Å²) in [5.74, 6) is -0.0599. The zero-order valence-electron chi connectivity index (χ0n) is 11.5. The Balaban J connectivity index is 2.10. The molecule has 1 aliphatic carbocycles. The smallest absolute Gasteiger partial charge is 0.354 e. The number of hydrogen-bond donors (Lipinski definition) is 1. The van der Waals surface area contributed by atoms with Crippen LogP contribution in [0.15, 0.2) is 17.2 Å². The summed E-state index contributed by atoms with van der Waals surface area (Å²) in [5, 5.41) is 5.07. The molecule has 112 valence electrons. The Morgan fingerprint density at radius 1 is 1.45 bits per heavy atom. The Hall–Kier alpha value is -1.34. The molecule has 2 N–H and O–H groups in total. The predicted molar refractivity (Wildman–Crippen MR) is 73.7 cm³/mol. The van der Waals surface area contributed by atoms with Gasteiger partial charge in [-0.05, 0) is 31.7 Å². The molecule has 0 bridgehead atoms. The van der Waals surface area contributed by atoms with Gasteiger partial charge in [-0.2, -0.15) is 0 Å². The fourth-order valence-electron chi connectivity index (χ4n) is 2.52. The molecule has 2 rings (SSSR count). The third kappa shape index (κ3) is 3.40. The van der Waals surface area contributed by atoms with E-state index >= 15 is 0 Å². The molecule has 0 saturated heterocycles. The van der Waals surface area contributed by atoms with Crippen molar-refractivity contribution in [3.63, 3.8) is 0 Å². The summed E-state index contributed by atoms with van der Waals surface area (Å²) < 4.78 is 29.5. The van der Waals surface area contributed by atoms with Crippen LogP contribution in [0.1, 0.15) is 43.1 Å². The highest BCUT2D eigenvalue weighted by Gasteiger charge is 2.21. The van der Waals surface area contributed by atoms with Crippen LogP contribution in [-0.2, 0) is 21.3 Å². The van der Waals surface area contributed by atoms with E-state index in [1.165, 1.54) is 29.7 Å². The van der Waals surface area contributed by atoms with Crippen molar-refractivity contribution in [2.24, 2.45) is 11.1 Å². The summed E-state index contributed by atoms with van der Waals surface area (Å²) in [6.07, 6.45) is 5.91. The van der Waals surface area contributed by atoms with Crippen LogP contribution in [0, 0.1) is 5.92 Å². The molecule has 20 heavy (non-hydrogen) atoms. The van der Waals surface area contributed by atoms with E-state index in [1.54, 1.807) is 0 Å². The maximum Gasteiger partial charge on any atom is 0.354 e. The molecular weight excluding hydrogens is 280 g/mol. The van der Waals surface area contributed by atoms with Gasteiger partial charge >= 0.3 is 5.97 Å². The van der Waals surface area contributed by atoms with Gasteiger partial charge in [0.15, 0.2) is 0 Å². The van der Waals surface area contributed by atoms with E-state index in [9.17, 15) is 13.2 Å². The van der Waals surface area contributed by atoms with Crippen molar-refractivity contribution in [3.8, 4) is 0 Å². The molecule has 1 saturated carbocycles. The van der Waals surface area contributed by atoms with Crippen molar-refractivity contribution < 1.29 is 17.9 Å². The van der Waals surface area contributed by atoms with Crippen molar-refractivity contribution in [1.29, 1.82) is 0 Å². The summed E-state index contributed by atoms with van der Waals surface area (Å²) in [6.45, 7) is 2.70. The molecule has 0 aliphatic heterocycles. The largest absolute Gasteiger partial charge is 0.461 e. The molecule has 1 heterocycles. The lowest BCUT2D eigenvalue weighted by atomic mass is 10.1. The van der Waals surface area contributed by atoms with Gasteiger partial charge in [-0.3, -0.25) is 0 Å². The lowest BCUT2D eigenvalue weighted by molar-refractivity contribution is 0.0430. The first kappa shape index (κ1) is 15.1. The van der Waals surface area contributed by atoms with E-state index in [4.69, 9.17) is 9.88 Å². The minimum absolute atomic E-state index is 0.0628. The standard InChI is InChI=1S/C13H20N2O4S/c1-2-15-8-11(20(14,17)18)7-12(15)13(16)19-9-10-5-3-4-6-10/h7-8,10H,2-6,9H2,1H3,(H2,14,17,18). The summed E-state index contributed by atoms with van der Waals surface area (Å²) in [6, 6.07) is 1.27. The van der Waals surface area contributed by atoms with Crippen LogP contribution < -0.4 is 5.14 Å². The fraction of sp³-hybridized carbons (Fsp3) is 0.615. The van der Waals surface area contributed by atoms with E-state index in [1.807, 2.05) is 6.92 Å². The Morgan fingerprint density at radius 2 is 2.10 bits per heavy atom. The first-order valence-electron chi connectivity index (χ1n) is 6.82. The van der Waals surface area contributed by atoms with E-state index in [-0.39, 0.29) is 10.6 Å². The van der Waals surface area contributed by atoms with E-state index in [0.29, 0.717) is 19.1 Å². The molecule has 0 atom stereocenters. The molecule has 0 spiro atoms. The number of aromatic nitrogens is 1. The number of sulfonamides is 1. The van der Waals surface area contributed by atoms with Gasteiger partial charge in [0.25, 0.3) is 0 Å². The number of esters is 1. The molecule has 0 amide bonds. The summed E-state index contributed by atoms with van der Waals surface area (Å²) in [7, 11) is -3.81. The van der Waals surface area contributed by atoms with E-state index in [2.05, 4.69) is 0 Å². The van der Waals surface area contributed by atoms with Gasteiger partial charge in [0.1, 0.15) is 10.6 Å². The Bertz CT molecular complexity index is 586. The van der Waals surface area contributed by atoms with Crippen LogP contribution in [0.2, 0.25) is 0 Å². The lowest BCUT2D eigenvalue weighted by Gasteiger charge is -2.10. The third-order valence-electron chi connectivity index (χ3n) is 3.67. The molecule has 1 aliphatic rings. The third-order valence-corrected chi connectivity index (χ3v) is 4.56. The molecule has 0 radical (unpaired) electrons. The zero-order chi connectivity index (χ0) is 14.8. The molecule has 1 aromatic heterocycles. The number of ether oxygens (including phenoxy) is 1. The van der Waals surface area contributed by atoms with Crippen molar-refractivity contribution in [1.82, 2.24) is 4.57 Å². The molecular formula is C13H20N2O4S. The van der Waals surface area contributed by atoms with Crippen LogP contribution in [0.25, 0.3) is 0 Å². The van der Waals surface area contributed by atoms with Crippen LogP contribution in [0.3, 0.4) is 0 Å². The quantitative estimate of drug-likeness (QED) is 0.834. The fourth-order valence-corrected chi connectivity index (χ4v) is 3.07. The van der Waals surface area contributed by atoms with Gasteiger partial charge in [0.05, 0.1) is 6.61 Å². The second-order valence-corrected chi connectivity index (χ2v) is 6.70. The number of aryl methyl sites for hydroxylation is 1. The minimum Gasteiger partial charge on any atom is -0.461 e. The normalized spacial score (nSPS) is 16.5. The van der Waals surface area contributed by atoms with Crippen molar-refractivity contribution >= 4 is 16.0 Å². The van der Waals surface area contributed by atoms with Crippen LogP contribution in [0.4, 0.5) is 0 Å². The average Bonchev–Trinajstić information content (AvgIpc) is 3.03. The van der Waals surface area contributed by atoms with Gasteiger partial charge < -0.3 is 9.30 Å². The van der Waals surface area contributed by atoms with Crippen LogP contribution in [-0.4, -0.2) is 25.6 Å². The molecule has 0 aromatic carbocycles. The van der Waals surface area contributed by atoms with Gasteiger partial charge in [-0.25, -0.2) is 18.4 Å². The topological polar surface area (TPSA) is 91.4 Å². The SMILES string of the molecule is CCn1cc(S(N)(=O)=O)cc1C(=O)OCC1CCCC1. The molecule has 1 aromatic rings. The van der Waals surface area contributed by atoms with Gasteiger partial charge in [0, 0.05) is 12.7 Å². The second kappa shape index (κ2) is 5.97. The van der Waals surface area contributed by atoms with E-state index in [0.717, 1.165) is 12.8 Å². The Morgan fingerprint density at radius 3 is 2.65 bits per heavy atom. The molecule has 1 fully saturated rings. The molecule has 6 nitrogen and oxygen atoms in total.